The monoisotopic (exact) mass is 463 g/mol. The lowest BCUT2D eigenvalue weighted by atomic mass is 9.82. The zero-order valence-electron chi connectivity index (χ0n) is 17.8. The molecule has 0 radical (unpaired) electrons. The first kappa shape index (κ1) is 22.5. The molecule has 2 saturated heterocycles. The van der Waals surface area contributed by atoms with E-state index in [-0.39, 0.29) is 42.9 Å². The van der Waals surface area contributed by atoms with Crippen molar-refractivity contribution in [3.8, 4) is 0 Å². The third kappa shape index (κ3) is 5.06. The molecule has 1 N–H and O–H groups in total. The summed E-state index contributed by atoms with van der Waals surface area (Å²) in [6.07, 6.45) is -5.26. The van der Waals surface area contributed by atoms with E-state index in [9.17, 15) is 23.1 Å². The number of aromatic nitrogens is 2. The Morgan fingerprint density at radius 3 is 2.39 bits per heavy atom. The van der Waals surface area contributed by atoms with E-state index >= 15 is 0 Å². The number of hydrogen-bond donors (Lipinski definition) is 1. The molecule has 4 atom stereocenters. The van der Waals surface area contributed by atoms with Gasteiger partial charge in [0.25, 0.3) is 0 Å². The second-order valence-electron chi connectivity index (χ2n) is 9.98. The fraction of sp³-hybridized carbons (Fsp3) is 0.842. The molecule has 1 saturated carbocycles. The zero-order valence-corrected chi connectivity index (χ0v) is 18.8. The maximum atomic E-state index is 12.3. The van der Waals surface area contributed by atoms with Crippen LogP contribution in [0.15, 0.2) is 4.42 Å². The maximum absolute atomic E-state index is 12.3. The van der Waals surface area contributed by atoms with Gasteiger partial charge in [0, 0.05) is 20.5 Å². The summed E-state index contributed by atoms with van der Waals surface area (Å²) in [4.78, 5) is 13.3. The van der Waals surface area contributed by atoms with E-state index < -0.39 is 26.6 Å². The molecule has 0 spiro atoms. The van der Waals surface area contributed by atoms with Crippen LogP contribution >= 0.6 is 0 Å². The van der Waals surface area contributed by atoms with Gasteiger partial charge in [-0.05, 0) is 31.7 Å². The lowest BCUT2D eigenvalue weighted by Gasteiger charge is -2.33. The minimum Gasteiger partial charge on any atom is -0.465 e. The average molecular weight is 464 g/mol. The number of hydrogen-bond acceptors (Lipinski definition) is 6. The molecule has 3 fully saturated rings. The lowest BCUT2D eigenvalue weighted by molar-refractivity contribution is -0.352. The van der Waals surface area contributed by atoms with Crippen molar-refractivity contribution in [1.29, 1.82) is 0 Å². The highest BCUT2D eigenvalue weighted by molar-refractivity contribution is 6.76. The van der Waals surface area contributed by atoms with Gasteiger partial charge in [-0.1, -0.05) is 19.6 Å². The molecule has 1 aromatic heterocycles. The molecule has 0 aromatic carbocycles. The molecular formula is C19H28F3N3O5Si. The predicted octanol–water partition coefficient (Wildman–Crippen LogP) is 4.18. The number of nitrogens with zero attached hydrogens (tertiary/aromatic N) is 3. The van der Waals surface area contributed by atoms with Crippen molar-refractivity contribution in [3.05, 3.63) is 11.8 Å². The Hall–Kier alpha value is -1.66. The van der Waals surface area contributed by atoms with Gasteiger partial charge >= 0.3 is 12.5 Å². The normalized spacial score (nSPS) is 32.8. The third-order valence-corrected chi connectivity index (χ3v) is 8.18. The molecule has 31 heavy (non-hydrogen) atoms. The van der Waals surface area contributed by atoms with Crippen molar-refractivity contribution >= 4 is 14.2 Å². The largest absolute Gasteiger partial charge is 0.522 e. The minimum absolute atomic E-state index is 0.113. The lowest BCUT2D eigenvalue weighted by Crippen LogP contribution is -2.47. The third-order valence-electron chi connectivity index (χ3n) is 6.45. The summed E-state index contributed by atoms with van der Waals surface area (Å²) in [5, 5.41) is 17.8. The van der Waals surface area contributed by atoms with Crippen LogP contribution in [0.5, 0.6) is 0 Å². The van der Waals surface area contributed by atoms with E-state index in [1.807, 2.05) is 0 Å². The Labute approximate surface area is 179 Å². The van der Waals surface area contributed by atoms with E-state index in [4.69, 9.17) is 9.15 Å². The van der Waals surface area contributed by atoms with Gasteiger partial charge in [-0.3, -0.25) is 4.74 Å². The molecule has 4 rings (SSSR count). The van der Waals surface area contributed by atoms with Crippen molar-refractivity contribution in [2.24, 2.45) is 0 Å². The van der Waals surface area contributed by atoms with Crippen molar-refractivity contribution in [3.63, 3.8) is 0 Å². The molecular weight excluding hydrogens is 435 g/mol. The van der Waals surface area contributed by atoms with Crippen LogP contribution in [0.4, 0.5) is 18.0 Å². The second kappa shape index (κ2) is 8.04. The van der Waals surface area contributed by atoms with Gasteiger partial charge in [0.1, 0.15) is 0 Å². The molecule has 1 amide bonds. The molecule has 1 aromatic rings. The molecule has 3 aliphatic rings. The Morgan fingerprint density at radius 2 is 1.84 bits per heavy atom. The van der Waals surface area contributed by atoms with Gasteiger partial charge in [0.15, 0.2) is 0 Å². The summed E-state index contributed by atoms with van der Waals surface area (Å²) >= 11 is 0. The van der Waals surface area contributed by atoms with Gasteiger partial charge in [-0.15, -0.1) is 23.4 Å². The summed E-state index contributed by atoms with van der Waals surface area (Å²) in [5.41, 5.74) is 0. The van der Waals surface area contributed by atoms with Crippen molar-refractivity contribution in [2.75, 3.05) is 6.54 Å². The van der Waals surface area contributed by atoms with E-state index in [2.05, 4.69) is 34.6 Å². The van der Waals surface area contributed by atoms with Crippen molar-refractivity contribution < 1.29 is 37.0 Å². The highest BCUT2D eigenvalue weighted by atomic mass is 28.3. The van der Waals surface area contributed by atoms with Crippen LogP contribution in [0.2, 0.25) is 25.7 Å². The van der Waals surface area contributed by atoms with Crippen molar-refractivity contribution in [1.82, 2.24) is 15.1 Å². The van der Waals surface area contributed by atoms with Crippen LogP contribution in [-0.2, 0) is 9.47 Å². The van der Waals surface area contributed by atoms with Gasteiger partial charge in [0.2, 0.25) is 11.8 Å². The van der Waals surface area contributed by atoms with Crippen molar-refractivity contribution in [2.45, 2.75) is 93.9 Å². The maximum Gasteiger partial charge on any atom is 0.522 e. The van der Waals surface area contributed by atoms with Gasteiger partial charge < -0.3 is 19.2 Å². The van der Waals surface area contributed by atoms with Crippen LogP contribution in [0.3, 0.4) is 0 Å². The van der Waals surface area contributed by atoms with Gasteiger partial charge in [-0.2, -0.15) is 0 Å². The first-order valence-electron chi connectivity index (χ1n) is 10.6. The fourth-order valence-corrected chi connectivity index (χ4v) is 5.61. The van der Waals surface area contributed by atoms with Crippen LogP contribution < -0.4 is 0 Å². The fourth-order valence-electron chi connectivity index (χ4n) is 4.70. The molecule has 174 valence electrons. The van der Waals surface area contributed by atoms with Gasteiger partial charge in [-0.25, -0.2) is 4.79 Å². The number of amides is 1. The van der Waals surface area contributed by atoms with E-state index in [0.29, 0.717) is 31.2 Å². The number of ether oxygens (including phenoxy) is 2. The topological polar surface area (TPSA) is 97.9 Å². The Balaban J connectivity index is 1.33. The second-order valence-corrected chi connectivity index (χ2v) is 15.6. The van der Waals surface area contributed by atoms with E-state index in [1.165, 1.54) is 4.90 Å². The van der Waals surface area contributed by atoms with E-state index in [0.717, 1.165) is 6.04 Å². The molecule has 0 unspecified atom stereocenters. The first-order chi connectivity index (χ1) is 14.4. The standard InChI is InChI=1S/C19H28F3N3O5Si/c1-31(2,3)5-4-25(18(26)27)13-9-14-12(8-15(13)28-14)17-24-23-16(29-17)10-6-11(7-10)30-19(20,21)22/h10-15H,4-9H2,1-3H3,(H,26,27)/t10?,11?,12-,13-,14+,15+/m0/s1. The number of halogens is 3. The first-order valence-corrected chi connectivity index (χ1v) is 14.3. The summed E-state index contributed by atoms with van der Waals surface area (Å²) in [6.45, 7) is 7.16. The predicted molar refractivity (Wildman–Crippen MR) is 105 cm³/mol. The zero-order chi connectivity index (χ0) is 22.6. The summed E-state index contributed by atoms with van der Waals surface area (Å²) in [6, 6.07) is 0.716. The van der Waals surface area contributed by atoms with Crippen LogP contribution in [0.25, 0.3) is 0 Å². The van der Waals surface area contributed by atoms with E-state index in [1.54, 1.807) is 0 Å². The number of carbonyl (C=O) groups is 1. The van der Waals surface area contributed by atoms with Crippen LogP contribution in [-0.4, -0.2) is 71.6 Å². The smallest absolute Gasteiger partial charge is 0.465 e. The molecule has 1 aliphatic carbocycles. The highest BCUT2D eigenvalue weighted by Crippen LogP contribution is 2.47. The van der Waals surface area contributed by atoms with Gasteiger partial charge in [0.05, 0.1) is 30.3 Å². The average Bonchev–Trinajstić information content (AvgIpc) is 3.30. The number of alkyl halides is 3. The van der Waals surface area contributed by atoms with Crippen LogP contribution in [0.1, 0.15) is 49.3 Å². The van der Waals surface area contributed by atoms with Crippen LogP contribution in [0, 0.1) is 0 Å². The molecule has 3 heterocycles. The molecule has 2 aliphatic heterocycles. The molecule has 8 nitrogen and oxygen atoms in total. The molecule has 2 bridgehead atoms. The summed E-state index contributed by atoms with van der Waals surface area (Å²) in [5.74, 6) is 0.408. The number of fused-ring (bicyclic) bond motifs is 2. The highest BCUT2D eigenvalue weighted by Gasteiger charge is 2.53. The Kier molecular flexibility index (Phi) is 5.84. The minimum atomic E-state index is -4.63. The Bertz CT molecular complexity index is 808. The summed E-state index contributed by atoms with van der Waals surface area (Å²) < 4.78 is 52.6. The number of carboxylic acid groups (broad SMARTS) is 1. The quantitative estimate of drug-likeness (QED) is 0.606. The number of rotatable bonds is 7. The SMILES string of the molecule is C[Si](C)(C)CCN(C(=O)O)[C@H]1C[C@H]2O[C@@H]1C[C@@H]2c1nnc(C2CC(OC(F)(F)F)C2)o1. The molecule has 12 heteroatoms. The summed E-state index contributed by atoms with van der Waals surface area (Å²) in [7, 11) is -1.38. The Morgan fingerprint density at radius 1 is 1.16 bits per heavy atom.